The summed E-state index contributed by atoms with van der Waals surface area (Å²) in [5, 5.41) is 5.91. The number of likely N-dealkylation sites (tertiary alicyclic amines) is 1. The molecule has 4 rings (SSSR count). The lowest BCUT2D eigenvalue weighted by Gasteiger charge is -2.38. The Morgan fingerprint density at radius 1 is 1.07 bits per heavy atom. The summed E-state index contributed by atoms with van der Waals surface area (Å²) in [6.07, 6.45) is 5.22. The Morgan fingerprint density at radius 2 is 1.82 bits per heavy atom. The number of nitrogens with zero attached hydrogens (tertiary/aromatic N) is 5. The number of hydrogen-bond donors (Lipinski definition) is 0. The molecule has 28 heavy (non-hydrogen) atoms. The molecule has 150 valence electrons. The summed E-state index contributed by atoms with van der Waals surface area (Å²) in [6.45, 7) is 7.42. The monoisotopic (exact) mass is 383 g/mol. The van der Waals surface area contributed by atoms with Crippen LogP contribution in [0.2, 0.25) is 0 Å². The van der Waals surface area contributed by atoms with Crippen LogP contribution in [0.1, 0.15) is 26.2 Å². The van der Waals surface area contributed by atoms with Crippen LogP contribution in [0.5, 0.6) is 0 Å². The molecule has 0 radical (unpaired) electrons. The second-order valence-corrected chi connectivity index (χ2v) is 8.00. The number of carbonyl (C=O) groups excluding carboxylic acids is 1. The first kappa shape index (κ1) is 19.1. The Hall–Kier alpha value is -2.25. The highest BCUT2D eigenvalue weighted by atomic mass is 16.2. The van der Waals surface area contributed by atoms with E-state index in [0.717, 1.165) is 51.0 Å². The lowest BCUT2D eigenvalue weighted by molar-refractivity contribution is -0.136. The first-order valence-corrected chi connectivity index (χ1v) is 10.3. The number of piperidine rings is 1. The third-order valence-corrected chi connectivity index (χ3v) is 6.04. The van der Waals surface area contributed by atoms with Gasteiger partial charge in [0.2, 0.25) is 5.91 Å². The van der Waals surface area contributed by atoms with Crippen molar-refractivity contribution in [3.63, 3.8) is 0 Å². The normalized spacial score (nSPS) is 21.9. The van der Waals surface area contributed by atoms with Crippen LogP contribution in [-0.2, 0) is 11.5 Å². The fourth-order valence-electron chi connectivity index (χ4n) is 4.26. The maximum Gasteiger partial charge on any atom is 0.275 e. The summed E-state index contributed by atoms with van der Waals surface area (Å²) >= 11 is 0. The Balaban J connectivity index is 1.31. The molecular formula is C21H29N5O2. The molecule has 0 N–H and O–H groups in total. The number of piperazine rings is 1. The molecule has 0 unspecified atom stereocenters. The number of hydrogen-bond acceptors (Lipinski definition) is 5. The third kappa shape index (κ3) is 4.10. The zero-order valence-electron chi connectivity index (χ0n) is 16.6. The lowest BCUT2D eigenvalue weighted by atomic mass is 10.0. The lowest BCUT2D eigenvalue weighted by Crippen LogP contribution is -2.52. The molecule has 0 saturated carbocycles. The maximum absolute atomic E-state index is 12.6. The molecule has 2 aliphatic rings. The van der Waals surface area contributed by atoms with E-state index in [9.17, 15) is 9.59 Å². The van der Waals surface area contributed by atoms with Crippen molar-refractivity contribution in [1.29, 1.82) is 0 Å². The number of aromatic nitrogens is 2. The molecule has 0 aliphatic carbocycles. The first-order chi connectivity index (χ1) is 13.6. The third-order valence-electron chi connectivity index (χ3n) is 6.04. The van der Waals surface area contributed by atoms with E-state index >= 15 is 0 Å². The summed E-state index contributed by atoms with van der Waals surface area (Å²) in [5.41, 5.74) is -0.0465. The Kier molecular flexibility index (Phi) is 5.73. The van der Waals surface area contributed by atoms with Crippen LogP contribution in [0.4, 0.5) is 0 Å². The van der Waals surface area contributed by atoms with Gasteiger partial charge in [-0.15, -0.1) is 0 Å². The van der Waals surface area contributed by atoms with Crippen molar-refractivity contribution >= 4 is 16.7 Å². The van der Waals surface area contributed by atoms with Crippen LogP contribution in [0.25, 0.3) is 10.8 Å². The Morgan fingerprint density at radius 3 is 2.61 bits per heavy atom. The number of fused-ring (bicyclic) bond motifs is 1. The van der Waals surface area contributed by atoms with Crippen molar-refractivity contribution in [1.82, 2.24) is 24.5 Å². The molecule has 7 heteroatoms. The van der Waals surface area contributed by atoms with E-state index < -0.39 is 0 Å². The van der Waals surface area contributed by atoms with E-state index in [4.69, 9.17) is 0 Å². The van der Waals surface area contributed by atoms with Crippen LogP contribution in [0.15, 0.2) is 35.3 Å². The number of rotatable bonds is 4. The van der Waals surface area contributed by atoms with Crippen molar-refractivity contribution in [2.24, 2.45) is 0 Å². The van der Waals surface area contributed by atoms with Crippen molar-refractivity contribution in [2.45, 2.75) is 38.9 Å². The van der Waals surface area contributed by atoms with Gasteiger partial charge in [0, 0.05) is 44.2 Å². The topological polar surface area (TPSA) is 61.7 Å². The van der Waals surface area contributed by atoms with Crippen LogP contribution in [0, 0.1) is 0 Å². The highest BCUT2D eigenvalue weighted by Gasteiger charge is 2.26. The van der Waals surface area contributed by atoms with Gasteiger partial charge in [-0.25, -0.2) is 4.68 Å². The van der Waals surface area contributed by atoms with Gasteiger partial charge < -0.3 is 4.90 Å². The zero-order chi connectivity index (χ0) is 19.5. The van der Waals surface area contributed by atoms with Gasteiger partial charge >= 0.3 is 0 Å². The van der Waals surface area contributed by atoms with Gasteiger partial charge in [-0.05, 0) is 32.3 Å². The molecule has 2 fully saturated rings. The van der Waals surface area contributed by atoms with Gasteiger partial charge in [0.1, 0.15) is 0 Å². The molecule has 1 aromatic heterocycles. The van der Waals surface area contributed by atoms with E-state index in [0.29, 0.717) is 24.6 Å². The number of carbonyl (C=O) groups is 1. The zero-order valence-corrected chi connectivity index (χ0v) is 16.6. The van der Waals surface area contributed by atoms with E-state index in [1.807, 2.05) is 24.3 Å². The van der Waals surface area contributed by atoms with Gasteiger partial charge in [-0.3, -0.25) is 19.4 Å². The van der Waals surface area contributed by atoms with Gasteiger partial charge in [0.05, 0.1) is 24.8 Å². The standard InChI is InChI=1S/C21H29N5O2/c1-17-6-4-5-9-25(17)20(27)15-23-10-12-24(13-11-23)16-26-21(28)19-8-3-2-7-18(19)14-22-26/h2-3,7-8,14,17H,4-6,9-13,15-16H2,1H3/t17-/m1/s1. The van der Waals surface area contributed by atoms with E-state index in [-0.39, 0.29) is 11.5 Å². The average molecular weight is 383 g/mol. The molecule has 2 aliphatic heterocycles. The van der Waals surface area contributed by atoms with E-state index in [2.05, 4.69) is 26.7 Å². The minimum absolute atomic E-state index is 0.0465. The minimum atomic E-state index is -0.0465. The first-order valence-electron chi connectivity index (χ1n) is 10.3. The number of amides is 1. The summed E-state index contributed by atoms with van der Waals surface area (Å²) < 4.78 is 1.54. The predicted molar refractivity (Wildman–Crippen MR) is 109 cm³/mol. The SMILES string of the molecule is C[C@@H]1CCCCN1C(=O)CN1CCN(Cn2ncc3ccccc3c2=O)CC1. The van der Waals surface area contributed by atoms with Crippen LogP contribution in [-0.4, -0.2) is 75.7 Å². The van der Waals surface area contributed by atoms with Gasteiger partial charge in [0.25, 0.3) is 5.56 Å². The van der Waals surface area contributed by atoms with Crippen molar-refractivity contribution in [3.8, 4) is 0 Å². The second kappa shape index (κ2) is 8.41. The van der Waals surface area contributed by atoms with Crippen LogP contribution < -0.4 is 5.56 Å². The molecule has 3 heterocycles. The summed E-state index contributed by atoms with van der Waals surface area (Å²) in [4.78, 5) is 31.8. The van der Waals surface area contributed by atoms with E-state index in [1.165, 1.54) is 6.42 Å². The molecule has 1 amide bonds. The fourth-order valence-corrected chi connectivity index (χ4v) is 4.26. The fraction of sp³-hybridized carbons (Fsp3) is 0.571. The van der Waals surface area contributed by atoms with Gasteiger partial charge in [-0.1, -0.05) is 18.2 Å². The van der Waals surface area contributed by atoms with E-state index in [1.54, 1.807) is 10.9 Å². The quantitative estimate of drug-likeness (QED) is 0.798. The summed E-state index contributed by atoms with van der Waals surface area (Å²) in [7, 11) is 0. The molecule has 1 aromatic carbocycles. The smallest absolute Gasteiger partial charge is 0.275 e. The highest BCUT2D eigenvalue weighted by Crippen LogP contribution is 2.17. The maximum atomic E-state index is 12.6. The van der Waals surface area contributed by atoms with Crippen molar-refractivity contribution in [2.75, 3.05) is 39.3 Å². The second-order valence-electron chi connectivity index (χ2n) is 8.00. The van der Waals surface area contributed by atoms with Crippen LogP contribution >= 0.6 is 0 Å². The number of benzene rings is 1. The molecule has 7 nitrogen and oxygen atoms in total. The highest BCUT2D eigenvalue weighted by molar-refractivity contribution is 5.80. The van der Waals surface area contributed by atoms with Gasteiger partial charge in [0.15, 0.2) is 0 Å². The summed E-state index contributed by atoms with van der Waals surface area (Å²) in [5.74, 6) is 0.257. The predicted octanol–water partition coefficient (Wildman–Crippen LogP) is 1.37. The molecule has 0 bridgehead atoms. The van der Waals surface area contributed by atoms with Crippen LogP contribution in [0.3, 0.4) is 0 Å². The Labute approximate surface area is 165 Å². The molecule has 1 atom stereocenters. The summed E-state index contributed by atoms with van der Waals surface area (Å²) in [6, 6.07) is 7.92. The van der Waals surface area contributed by atoms with Gasteiger partial charge in [-0.2, -0.15) is 5.10 Å². The molecule has 0 spiro atoms. The average Bonchev–Trinajstić information content (AvgIpc) is 2.72. The minimum Gasteiger partial charge on any atom is -0.339 e. The van der Waals surface area contributed by atoms with Crippen molar-refractivity contribution in [3.05, 3.63) is 40.8 Å². The Bertz CT molecular complexity index is 888. The molecule has 2 saturated heterocycles. The molecule has 2 aromatic rings. The largest absolute Gasteiger partial charge is 0.339 e. The van der Waals surface area contributed by atoms with Crippen molar-refractivity contribution < 1.29 is 4.79 Å². The molecular weight excluding hydrogens is 354 g/mol.